The Bertz CT molecular complexity index is 158. The van der Waals surface area contributed by atoms with Crippen molar-refractivity contribution in [2.24, 2.45) is 5.92 Å². The Morgan fingerprint density at radius 3 is 2.12 bits per heavy atom. The van der Waals surface area contributed by atoms with Crippen molar-refractivity contribution in [1.82, 2.24) is 5.32 Å². The summed E-state index contributed by atoms with van der Waals surface area (Å²) in [4.78, 5) is 0. The highest BCUT2D eigenvalue weighted by atomic mass is 16.5. The zero-order valence-corrected chi connectivity index (χ0v) is 11.5. The first-order valence-corrected chi connectivity index (χ1v) is 6.54. The van der Waals surface area contributed by atoms with Crippen LogP contribution < -0.4 is 5.32 Å². The van der Waals surface area contributed by atoms with Crippen molar-refractivity contribution in [2.45, 2.75) is 65.7 Å². The van der Waals surface area contributed by atoms with Crippen LogP contribution in [0.1, 0.15) is 47.5 Å². The quantitative estimate of drug-likeness (QED) is 0.639. The predicted octanol–water partition coefficient (Wildman–Crippen LogP) is 2.19. The standard InChI is InChI=1S/C13H29NO2/c1-6-12(7-2)11(5)14-8-13(15)9-16-10(3)4/h10-15H,6-9H2,1-5H3. The van der Waals surface area contributed by atoms with Gasteiger partial charge in [-0.05, 0) is 26.7 Å². The molecule has 98 valence electrons. The summed E-state index contributed by atoms with van der Waals surface area (Å²) in [6, 6.07) is 0.462. The second-order valence-electron chi connectivity index (χ2n) is 4.81. The molecule has 2 unspecified atom stereocenters. The first-order chi connectivity index (χ1) is 7.51. The first-order valence-electron chi connectivity index (χ1n) is 6.54. The molecule has 0 saturated heterocycles. The van der Waals surface area contributed by atoms with Crippen LogP contribution in [0.2, 0.25) is 0 Å². The molecular formula is C13H29NO2. The molecular weight excluding hydrogens is 202 g/mol. The summed E-state index contributed by atoms with van der Waals surface area (Å²) < 4.78 is 5.36. The summed E-state index contributed by atoms with van der Waals surface area (Å²) >= 11 is 0. The summed E-state index contributed by atoms with van der Waals surface area (Å²) in [5.74, 6) is 0.693. The van der Waals surface area contributed by atoms with E-state index in [1.165, 1.54) is 12.8 Å². The summed E-state index contributed by atoms with van der Waals surface area (Å²) in [6.07, 6.45) is 2.15. The minimum Gasteiger partial charge on any atom is -0.389 e. The molecule has 2 atom stereocenters. The van der Waals surface area contributed by atoms with Gasteiger partial charge in [-0.2, -0.15) is 0 Å². The molecule has 0 spiro atoms. The van der Waals surface area contributed by atoms with E-state index in [1.807, 2.05) is 13.8 Å². The number of ether oxygens (including phenoxy) is 1. The van der Waals surface area contributed by atoms with Gasteiger partial charge in [0.1, 0.15) is 0 Å². The van der Waals surface area contributed by atoms with Gasteiger partial charge in [-0.15, -0.1) is 0 Å². The third kappa shape index (κ3) is 7.20. The van der Waals surface area contributed by atoms with Gasteiger partial charge >= 0.3 is 0 Å². The fourth-order valence-electron chi connectivity index (χ4n) is 1.85. The molecule has 0 aromatic heterocycles. The van der Waals surface area contributed by atoms with Crippen molar-refractivity contribution < 1.29 is 9.84 Å². The monoisotopic (exact) mass is 231 g/mol. The van der Waals surface area contributed by atoms with Crippen molar-refractivity contribution >= 4 is 0 Å². The van der Waals surface area contributed by atoms with Gasteiger partial charge in [-0.25, -0.2) is 0 Å². The largest absolute Gasteiger partial charge is 0.389 e. The molecule has 0 aliphatic rings. The van der Waals surface area contributed by atoms with Crippen LogP contribution in [0.25, 0.3) is 0 Å². The maximum Gasteiger partial charge on any atom is 0.0897 e. The van der Waals surface area contributed by atoms with E-state index in [0.717, 1.165) is 0 Å². The van der Waals surface area contributed by atoms with Crippen LogP contribution in [-0.2, 0) is 4.74 Å². The second kappa shape index (κ2) is 8.97. The Hall–Kier alpha value is -0.120. The topological polar surface area (TPSA) is 41.5 Å². The fourth-order valence-corrected chi connectivity index (χ4v) is 1.85. The van der Waals surface area contributed by atoms with E-state index < -0.39 is 6.10 Å². The molecule has 0 rings (SSSR count). The molecule has 3 nitrogen and oxygen atoms in total. The number of aliphatic hydroxyl groups is 1. The fraction of sp³-hybridized carbons (Fsp3) is 1.00. The predicted molar refractivity (Wildman–Crippen MR) is 68.6 cm³/mol. The smallest absolute Gasteiger partial charge is 0.0897 e. The normalized spacial score (nSPS) is 15.8. The Morgan fingerprint density at radius 2 is 1.69 bits per heavy atom. The lowest BCUT2D eigenvalue weighted by Gasteiger charge is -2.24. The van der Waals surface area contributed by atoms with Gasteiger partial charge in [0.05, 0.1) is 18.8 Å². The Morgan fingerprint density at radius 1 is 1.12 bits per heavy atom. The van der Waals surface area contributed by atoms with Crippen molar-refractivity contribution in [1.29, 1.82) is 0 Å². The highest BCUT2D eigenvalue weighted by Crippen LogP contribution is 2.12. The van der Waals surface area contributed by atoms with Crippen LogP contribution in [0.15, 0.2) is 0 Å². The molecule has 0 aliphatic carbocycles. The molecule has 0 aromatic carbocycles. The number of hydrogen-bond acceptors (Lipinski definition) is 3. The molecule has 0 bridgehead atoms. The summed E-state index contributed by atoms with van der Waals surface area (Å²) in [6.45, 7) is 11.6. The highest BCUT2D eigenvalue weighted by molar-refractivity contribution is 4.71. The van der Waals surface area contributed by atoms with E-state index >= 15 is 0 Å². The first kappa shape index (κ1) is 15.9. The lowest BCUT2D eigenvalue weighted by atomic mass is 9.95. The van der Waals surface area contributed by atoms with Crippen LogP contribution in [0.4, 0.5) is 0 Å². The molecule has 0 fully saturated rings. The Kier molecular flexibility index (Phi) is 8.90. The number of nitrogens with one attached hydrogen (secondary N) is 1. The maximum atomic E-state index is 9.69. The minimum absolute atomic E-state index is 0.186. The van der Waals surface area contributed by atoms with Gasteiger partial charge in [0.25, 0.3) is 0 Å². The molecule has 0 aromatic rings. The number of rotatable bonds is 9. The number of aliphatic hydroxyl groups excluding tert-OH is 1. The third-order valence-corrected chi connectivity index (χ3v) is 3.05. The lowest BCUT2D eigenvalue weighted by molar-refractivity contribution is 0.00493. The van der Waals surface area contributed by atoms with Crippen molar-refractivity contribution in [3.63, 3.8) is 0 Å². The van der Waals surface area contributed by atoms with Crippen molar-refractivity contribution in [3.8, 4) is 0 Å². The average Bonchev–Trinajstić information content (AvgIpc) is 2.25. The molecule has 16 heavy (non-hydrogen) atoms. The van der Waals surface area contributed by atoms with E-state index in [0.29, 0.717) is 25.1 Å². The summed E-state index contributed by atoms with van der Waals surface area (Å²) in [5.41, 5.74) is 0. The van der Waals surface area contributed by atoms with Crippen molar-refractivity contribution in [2.75, 3.05) is 13.2 Å². The van der Waals surface area contributed by atoms with E-state index in [4.69, 9.17) is 4.74 Å². The molecule has 0 radical (unpaired) electrons. The third-order valence-electron chi connectivity index (χ3n) is 3.05. The van der Waals surface area contributed by atoms with E-state index in [2.05, 4.69) is 26.1 Å². The highest BCUT2D eigenvalue weighted by Gasteiger charge is 2.14. The van der Waals surface area contributed by atoms with E-state index in [-0.39, 0.29) is 6.10 Å². The van der Waals surface area contributed by atoms with Gasteiger partial charge < -0.3 is 15.2 Å². The Balaban J connectivity index is 3.69. The molecule has 0 aliphatic heterocycles. The SMILES string of the molecule is CCC(CC)C(C)NCC(O)COC(C)C. The summed E-state index contributed by atoms with van der Waals surface area (Å²) in [5, 5.41) is 13.1. The van der Waals surface area contributed by atoms with Crippen LogP contribution in [0, 0.1) is 5.92 Å². The van der Waals surface area contributed by atoms with Crippen LogP contribution >= 0.6 is 0 Å². The van der Waals surface area contributed by atoms with Gasteiger partial charge in [-0.1, -0.05) is 26.7 Å². The maximum absolute atomic E-state index is 9.69. The zero-order valence-electron chi connectivity index (χ0n) is 11.5. The van der Waals surface area contributed by atoms with Gasteiger partial charge in [0.15, 0.2) is 0 Å². The average molecular weight is 231 g/mol. The molecule has 0 amide bonds. The van der Waals surface area contributed by atoms with E-state index in [9.17, 15) is 5.11 Å². The number of hydrogen-bond donors (Lipinski definition) is 2. The zero-order chi connectivity index (χ0) is 12.6. The minimum atomic E-state index is -0.404. The second-order valence-corrected chi connectivity index (χ2v) is 4.81. The van der Waals surface area contributed by atoms with E-state index in [1.54, 1.807) is 0 Å². The van der Waals surface area contributed by atoms with Gasteiger partial charge in [0, 0.05) is 12.6 Å². The summed E-state index contributed by atoms with van der Waals surface area (Å²) in [7, 11) is 0. The molecule has 0 saturated carbocycles. The van der Waals surface area contributed by atoms with Gasteiger partial charge in [0.2, 0.25) is 0 Å². The van der Waals surface area contributed by atoms with Crippen LogP contribution in [0.3, 0.4) is 0 Å². The molecule has 3 heteroatoms. The van der Waals surface area contributed by atoms with Crippen molar-refractivity contribution in [3.05, 3.63) is 0 Å². The van der Waals surface area contributed by atoms with Crippen LogP contribution in [-0.4, -0.2) is 36.5 Å². The van der Waals surface area contributed by atoms with Gasteiger partial charge in [-0.3, -0.25) is 0 Å². The molecule has 2 N–H and O–H groups in total. The lowest BCUT2D eigenvalue weighted by Crippen LogP contribution is -2.39. The van der Waals surface area contributed by atoms with Crippen LogP contribution in [0.5, 0.6) is 0 Å². The Labute approximate surface area is 101 Å². The molecule has 0 heterocycles.